The van der Waals surface area contributed by atoms with E-state index < -0.39 is 0 Å². The molecule has 0 radical (unpaired) electrons. The maximum absolute atomic E-state index is 12.2. The molecule has 0 saturated carbocycles. The number of rotatable bonds is 5. The van der Waals surface area contributed by atoms with E-state index in [9.17, 15) is 4.79 Å². The molecule has 0 bridgehead atoms. The number of anilines is 1. The molecule has 7 heteroatoms. The van der Waals surface area contributed by atoms with E-state index >= 15 is 0 Å². The molecule has 1 amide bonds. The number of hydrogen-bond acceptors (Lipinski definition) is 6. The van der Waals surface area contributed by atoms with Gasteiger partial charge in [-0.15, -0.1) is 23.5 Å². The second-order valence-corrected chi connectivity index (χ2v) is 10.0. The van der Waals surface area contributed by atoms with Gasteiger partial charge in [-0.1, -0.05) is 35.6 Å². The number of aromatic nitrogens is 1. The summed E-state index contributed by atoms with van der Waals surface area (Å²) in [5.41, 5.74) is 3.36. The van der Waals surface area contributed by atoms with Crippen LogP contribution in [0.15, 0.2) is 42.5 Å². The molecule has 1 aromatic heterocycles. The third-order valence-corrected chi connectivity index (χ3v) is 8.17. The number of fused-ring (bicyclic) bond motifs is 1. The van der Waals surface area contributed by atoms with Crippen LogP contribution in [0, 0.1) is 6.92 Å². The summed E-state index contributed by atoms with van der Waals surface area (Å²) in [7, 11) is 0. The van der Waals surface area contributed by atoms with Gasteiger partial charge < -0.3 is 4.74 Å². The highest BCUT2D eigenvalue weighted by Gasteiger charge is 2.16. The molecular weight excluding hydrogens is 396 g/mol. The molecule has 2 aromatic carbocycles. The minimum absolute atomic E-state index is 0.0266. The predicted octanol–water partition coefficient (Wildman–Crippen LogP) is 5.49. The largest absolute Gasteiger partial charge is 0.484 e. The average molecular weight is 417 g/mol. The maximum atomic E-state index is 12.2. The van der Waals surface area contributed by atoms with Crippen molar-refractivity contribution in [3.8, 4) is 5.75 Å². The van der Waals surface area contributed by atoms with Crippen LogP contribution < -0.4 is 10.1 Å². The summed E-state index contributed by atoms with van der Waals surface area (Å²) in [5.74, 6) is 2.96. The molecule has 2 heterocycles. The SMILES string of the molecule is Cc1cccc2sc(NC(=O)COc3ccc(C4SCCCS4)cc3)nc12. The van der Waals surface area contributed by atoms with Crippen molar-refractivity contribution in [3.05, 3.63) is 53.6 Å². The molecule has 1 fully saturated rings. The van der Waals surface area contributed by atoms with Gasteiger partial charge in [-0.2, -0.15) is 0 Å². The zero-order valence-corrected chi connectivity index (χ0v) is 17.4. The summed E-state index contributed by atoms with van der Waals surface area (Å²) >= 11 is 5.47. The zero-order valence-electron chi connectivity index (χ0n) is 14.9. The smallest absolute Gasteiger partial charge is 0.264 e. The minimum Gasteiger partial charge on any atom is -0.484 e. The van der Waals surface area contributed by atoms with Crippen LogP contribution in [0.2, 0.25) is 0 Å². The van der Waals surface area contributed by atoms with Crippen LogP contribution in [0.4, 0.5) is 5.13 Å². The molecule has 0 unspecified atom stereocenters. The Morgan fingerprint density at radius 1 is 1.19 bits per heavy atom. The maximum Gasteiger partial charge on any atom is 0.264 e. The fourth-order valence-corrected chi connectivity index (χ4v) is 6.70. The van der Waals surface area contributed by atoms with E-state index in [1.54, 1.807) is 0 Å². The highest BCUT2D eigenvalue weighted by molar-refractivity contribution is 8.16. The van der Waals surface area contributed by atoms with Crippen molar-refractivity contribution in [2.45, 2.75) is 17.9 Å². The minimum atomic E-state index is -0.200. The lowest BCUT2D eigenvalue weighted by atomic mass is 10.2. The third-order valence-electron chi connectivity index (χ3n) is 4.22. The van der Waals surface area contributed by atoms with Crippen molar-refractivity contribution in [2.24, 2.45) is 0 Å². The number of ether oxygens (including phenoxy) is 1. The molecule has 4 rings (SSSR count). The van der Waals surface area contributed by atoms with Crippen molar-refractivity contribution >= 4 is 56.1 Å². The van der Waals surface area contributed by atoms with E-state index in [4.69, 9.17) is 4.74 Å². The molecule has 27 heavy (non-hydrogen) atoms. The number of thioether (sulfide) groups is 2. The Kier molecular flexibility index (Phi) is 5.90. The summed E-state index contributed by atoms with van der Waals surface area (Å²) in [6.45, 7) is 1.99. The first-order valence-electron chi connectivity index (χ1n) is 8.81. The molecule has 1 aliphatic rings. The second kappa shape index (κ2) is 8.54. The molecule has 4 nitrogen and oxygen atoms in total. The number of benzene rings is 2. The van der Waals surface area contributed by atoms with E-state index in [0.717, 1.165) is 15.8 Å². The van der Waals surface area contributed by atoms with E-state index in [0.29, 0.717) is 15.5 Å². The van der Waals surface area contributed by atoms with Crippen molar-refractivity contribution in [1.29, 1.82) is 0 Å². The highest BCUT2D eigenvalue weighted by Crippen LogP contribution is 2.43. The average Bonchev–Trinajstić information content (AvgIpc) is 3.11. The Morgan fingerprint density at radius 3 is 2.70 bits per heavy atom. The monoisotopic (exact) mass is 416 g/mol. The number of carbonyl (C=O) groups excluding carboxylic acids is 1. The zero-order chi connectivity index (χ0) is 18.6. The number of amides is 1. The number of aryl methyl sites for hydroxylation is 1. The summed E-state index contributed by atoms with van der Waals surface area (Å²) < 4.78 is 7.21. The standard InChI is InChI=1S/C20H20N2O2S3/c1-13-4-2-5-16-18(13)22-20(27-16)21-17(23)12-24-15-8-6-14(7-9-15)19-25-10-3-11-26-19/h2,4-9,19H,3,10-12H2,1H3,(H,21,22,23). The van der Waals surface area contributed by atoms with Gasteiger partial charge in [0.15, 0.2) is 11.7 Å². The lowest BCUT2D eigenvalue weighted by Crippen LogP contribution is -2.20. The molecule has 0 atom stereocenters. The molecule has 0 spiro atoms. The second-order valence-electron chi connectivity index (χ2n) is 6.27. The van der Waals surface area contributed by atoms with Crippen LogP contribution in [-0.4, -0.2) is 29.0 Å². The number of para-hydroxylation sites is 1. The van der Waals surface area contributed by atoms with Gasteiger partial charge in [0.2, 0.25) is 0 Å². The summed E-state index contributed by atoms with van der Waals surface area (Å²) in [6, 6.07) is 14.1. The summed E-state index contributed by atoms with van der Waals surface area (Å²) in [4.78, 5) is 16.7. The fourth-order valence-electron chi connectivity index (χ4n) is 2.85. The van der Waals surface area contributed by atoms with Crippen molar-refractivity contribution in [2.75, 3.05) is 23.4 Å². The Bertz CT molecular complexity index is 934. The van der Waals surface area contributed by atoms with Gasteiger partial charge in [0.25, 0.3) is 5.91 Å². The number of carbonyl (C=O) groups is 1. The van der Waals surface area contributed by atoms with Crippen molar-refractivity contribution < 1.29 is 9.53 Å². The lowest BCUT2D eigenvalue weighted by Gasteiger charge is -2.21. The van der Waals surface area contributed by atoms with Crippen LogP contribution >= 0.6 is 34.9 Å². The van der Waals surface area contributed by atoms with Gasteiger partial charge in [0.1, 0.15) is 5.75 Å². The molecule has 1 N–H and O–H groups in total. The molecule has 0 aliphatic carbocycles. The Morgan fingerprint density at radius 2 is 1.96 bits per heavy atom. The van der Waals surface area contributed by atoms with Gasteiger partial charge in [0.05, 0.1) is 14.8 Å². The predicted molar refractivity (Wildman–Crippen MR) is 117 cm³/mol. The van der Waals surface area contributed by atoms with Crippen LogP contribution in [0.25, 0.3) is 10.2 Å². The molecular formula is C20H20N2O2S3. The third kappa shape index (κ3) is 4.59. The lowest BCUT2D eigenvalue weighted by molar-refractivity contribution is -0.118. The van der Waals surface area contributed by atoms with Gasteiger partial charge in [-0.05, 0) is 54.2 Å². The van der Waals surface area contributed by atoms with E-state index in [1.165, 1.54) is 34.8 Å². The highest BCUT2D eigenvalue weighted by atomic mass is 32.2. The topological polar surface area (TPSA) is 51.2 Å². The van der Waals surface area contributed by atoms with E-state index in [1.807, 2.05) is 60.8 Å². The first-order valence-corrected chi connectivity index (χ1v) is 11.7. The number of thiazole rings is 1. The van der Waals surface area contributed by atoms with Crippen LogP contribution in [0.5, 0.6) is 5.75 Å². The van der Waals surface area contributed by atoms with Gasteiger partial charge in [-0.25, -0.2) is 4.98 Å². The van der Waals surface area contributed by atoms with Crippen LogP contribution in [0.3, 0.4) is 0 Å². The van der Waals surface area contributed by atoms with Crippen molar-refractivity contribution in [1.82, 2.24) is 4.98 Å². The Balaban J connectivity index is 1.32. The fraction of sp³-hybridized carbons (Fsp3) is 0.300. The van der Waals surface area contributed by atoms with Crippen LogP contribution in [0.1, 0.15) is 22.1 Å². The van der Waals surface area contributed by atoms with Gasteiger partial charge in [0, 0.05) is 0 Å². The molecule has 3 aromatic rings. The van der Waals surface area contributed by atoms with Crippen LogP contribution in [-0.2, 0) is 4.79 Å². The van der Waals surface area contributed by atoms with Gasteiger partial charge in [-0.3, -0.25) is 10.1 Å². The van der Waals surface area contributed by atoms with Gasteiger partial charge >= 0.3 is 0 Å². The first kappa shape index (κ1) is 18.7. The normalized spacial score (nSPS) is 15.0. The molecule has 1 aliphatic heterocycles. The summed E-state index contributed by atoms with van der Waals surface area (Å²) in [6.07, 6.45) is 1.29. The number of hydrogen-bond donors (Lipinski definition) is 1. The van der Waals surface area contributed by atoms with E-state index in [-0.39, 0.29) is 12.5 Å². The first-order chi connectivity index (χ1) is 13.2. The van der Waals surface area contributed by atoms with Crippen molar-refractivity contribution in [3.63, 3.8) is 0 Å². The molecule has 1 saturated heterocycles. The molecule has 140 valence electrons. The Hall–Kier alpha value is -1.70. The summed E-state index contributed by atoms with van der Waals surface area (Å²) in [5, 5.41) is 3.43. The Labute approximate surface area is 171 Å². The number of nitrogens with one attached hydrogen (secondary N) is 1. The number of nitrogens with zero attached hydrogens (tertiary/aromatic N) is 1. The quantitative estimate of drug-likeness (QED) is 0.596. The van der Waals surface area contributed by atoms with E-state index in [2.05, 4.69) is 22.4 Å².